The molecule has 1 aliphatic heterocycles. The van der Waals surface area contributed by atoms with E-state index in [2.05, 4.69) is 27.4 Å². The highest BCUT2D eigenvalue weighted by Gasteiger charge is 2.30. The lowest BCUT2D eigenvalue weighted by molar-refractivity contribution is -0.140. The summed E-state index contributed by atoms with van der Waals surface area (Å²) < 4.78 is 70.3. The van der Waals surface area contributed by atoms with Crippen LogP contribution in [0, 0.1) is 11.8 Å². The molecular weight excluding hydrogens is 575 g/mol. The molecule has 14 heteroatoms. The topological polar surface area (TPSA) is 142 Å². The van der Waals surface area contributed by atoms with Crippen molar-refractivity contribution in [1.29, 1.82) is 0 Å². The Balaban J connectivity index is 1.53. The predicted molar refractivity (Wildman–Crippen MR) is 154 cm³/mol. The number of halogens is 3. The molecule has 0 spiro atoms. The second-order valence-corrected chi connectivity index (χ2v) is 11.6. The van der Waals surface area contributed by atoms with Gasteiger partial charge in [0, 0.05) is 42.8 Å². The molecular formula is C28H34F3N5O5S. The van der Waals surface area contributed by atoms with E-state index >= 15 is 0 Å². The normalized spacial score (nSPS) is 15.7. The molecule has 1 aliphatic rings. The number of nitrogens with one attached hydrogen (secondary N) is 2. The number of alkyl halides is 3. The zero-order chi connectivity index (χ0) is 30.5. The number of aromatic nitrogens is 1. The zero-order valence-electron chi connectivity index (χ0n) is 23.0. The Morgan fingerprint density at radius 3 is 2.55 bits per heavy atom. The molecule has 0 amide bonds. The summed E-state index contributed by atoms with van der Waals surface area (Å²) in [7, 11) is -2.56. The van der Waals surface area contributed by atoms with Gasteiger partial charge in [0.2, 0.25) is 10.0 Å². The van der Waals surface area contributed by atoms with Gasteiger partial charge < -0.3 is 35.1 Å². The summed E-state index contributed by atoms with van der Waals surface area (Å²) in [5.41, 5.74) is 1.75. The Labute approximate surface area is 242 Å². The van der Waals surface area contributed by atoms with Crippen molar-refractivity contribution in [3.8, 4) is 17.6 Å². The van der Waals surface area contributed by atoms with Crippen molar-refractivity contribution in [2.45, 2.75) is 42.6 Å². The maximum absolute atomic E-state index is 13.6. The summed E-state index contributed by atoms with van der Waals surface area (Å²) in [6, 6.07) is 11.0. The first kappa shape index (κ1) is 31.5. The number of likely N-dealkylation sites (tertiary alicyclic amines) is 1. The summed E-state index contributed by atoms with van der Waals surface area (Å²) in [4.78, 5) is 1.95. The van der Waals surface area contributed by atoms with Crippen LogP contribution in [-0.4, -0.2) is 86.3 Å². The number of anilines is 2. The number of piperidine rings is 1. The van der Waals surface area contributed by atoms with Gasteiger partial charge in [0.25, 0.3) is 0 Å². The van der Waals surface area contributed by atoms with Crippen LogP contribution in [0.2, 0.25) is 0 Å². The number of sulfonamides is 1. The predicted octanol–water partition coefficient (Wildman–Crippen LogP) is 2.55. The van der Waals surface area contributed by atoms with Gasteiger partial charge in [-0.15, -0.1) is 0 Å². The molecule has 1 aromatic heterocycles. The van der Waals surface area contributed by atoms with Gasteiger partial charge in [-0.05, 0) is 49.1 Å². The molecule has 0 aliphatic carbocycles. The molecule has 1 atom stereocenters. The number of nitrogens with two attached hydrogens (primary N) is 1. The van der Waals surface area contributed by atoms with Gasteiger partial charge in [-0.2, -0.15) is 13.2 Å². The lowest BCUT2D eigenvalue weighted by atomic mass is 10.0. The number of methoxy groups -OCH3 is 1. The van der Waals surface area contributed by atoms with E-state index in [1.807, 2.05) is 6.07 Å². The standard InChI is InChI=1S/C28H34F3N5O5S/c1-41-27-15-22(42(32,39)40)7-8-25(27)33-11-3-4-20-14-23-24(5-2-6-26(23)36(20)18-28(29,30)31)34-19-9-12-35(13-10-19)16-21(38)17-37/h2,5-8,14-15,19,21,33-34,37-38H,9-13,16-18H2,1H3,(H2,32,39,40). The monoisotopic (exact) mass is 609 g/mol. The third-order valence-electron chi connectivity index (χ3n) is 7.00. The minimum atomic E-state index is -4.46. The Morgan fingerprint density at radius 2 is 1.90 bits per heavy atom. The van der Waals surface area contributed by atoms with E-state index in [9.17, 15) is 26.7 Å². The van der Waals surface area contributed by atoms with Crippen LogP contribution in [0.4, 0.5) is 24.5 Å². The average Bonchev–Trinajstić information content (AvgIpc) is 3.28. The minimum Gasteiger partial charge on any atom is -0.495 e. The molecule has 0 radical (unpaired) electrons. The Hall–Kier alpha value is -3.48. The van der Waals surface area contributed by atoms with E-state index in [-0.39, 0.29) is 35.5 Å². The minimum absolute atomic E-state index is 0.0489. The van der Waals surface area contributed by atoms with Crippen molar-refractivity contribution in [2.75, 3.05) is 50.5 Å². The highest BCUT2D eigenvalue weighted by molar-refractivity contribution is 7.89. The van der Waals surface area contributed by atoms with E-state index in [1.165, 1.54) is 25.3 Å². The fourth-order valence-corrected chi connectivity index (χ4v) is 5.50. The van der Waals surface area contributed by atoms with Gasteiger partial charge >= 0.3 is 6.18 Å². The van der Waals surface area contributed by atoms with Crippen LogP contribution in [-0.2, 0) is 16.6 Å². The second-order valence-electron chi connectivity index (χ2n) is 10.1. The molecule has 0 bridgehead atoms. The van der Waals surface area contributed by atoms with Gasteiger partial charge in [-0.1, -0.05) is 12.0 Å². The van der Waals surface area contributed by atoms with Gasteiger partial charge in [-0.25, -0.2) is 13.6 Å². The van der Waals surface area contributed by atoms with Crippen molar-refractivity contribution in [2.24, 2.45) is 5.14 Å². The number of aliphatic hydroxyl groups excluding tert-OH is 2. The number of primary sulfonamides is 1. The molecule has 4 rings (SSSR count). The van der Waals surface area contributed by atoms with Crippen molar-refractivity contribution >= 4 is 32.3 Å². The van der Waals surface area contributed by atoms with Crippen molar-refractivity contribution in [3.63, 3.8) is 0 Å². The number of hydrogen-bond acceptors (Lipinski definition) is 8. The molecule has 228 valence electrons. The smallest absolute Gasteiger partial charge is 0.406 e. The van der Waals surface area contributed by atoms with Gasteiger partial charge in [0.15, 0.2) is 0 Å². The SMILES string of the molecule is COc1cc(S(N)(=O)=O)ccc1NCC#Cc1cc2c(NC3CCN(CC(O)CO)CC3)cccc2n1CC(F)(F)F. The summed E-state index contributed by atoms with van der Waals surface area (Å²) in [5.74, 6) is 5.91. The van der Waals surface area contributed by atoms with Gasteiger partial charge in [-0.3, -0.25) is 0 Å². The maximum atomic E-state index is 13.6. The van der Waals surface area contributed by atoms with Crippen LogP contribution in [0.15, 0.2) is 47.4 Å². The van der Waals surface area contributed by atoms with Crippen LogP contribution < -0.4 is 20.5 Å². The zero-order valence-corrected chi connectivity index (χ0v) is 23.8. The number of β-amino-alcohol motifs (C(OH)–C–C–N with tert-alkyl or cyclic N) is 1. The van der Waals surface area contributed by atoms with Crippen molar-refractivity contribution in [3.05, 3.63) is 48.2 Å². The number of benzene rings is 2. The first-order valence-electron chi connectivity index (χ1n) is 13.3. The Morgan fingerprint density at radius 1 is 1.17 bits per heavy atom. The molecule has 1 unspecified atom stereocenters. The maximum Gasteiger partial charge on any atom is 0.406 e. The lowest BCUT2D eigenvalue weighted by Gasteiger charge is -2.33. The van der Waals surface area contributed by atoms with E-state index < -0.39 is 28.8 Å². The summed E-state index contributed by atoms with van der Waals surface area (Å²) >= 11 is 0. The number of hydrogen-bond donors (Lipinski definition) is 5. The van der Waals surface area contributed by atoms with E-state index in [1.54, 1.807) is 18.2 Å². The summed E-state index contributed by atoms with van der Waals surface area (Å²) in [6.45, 7) is 0.389. The van der Waals surface area contributed by atoms with Crippen LogP contribution in [0.5, 0.6) is 5.75 Å². The van der Waals surface area contributed by atoms with Gasteiger partial charge in [0.1, 0.15) is 12.3 Å². The third kappa shape index (κ3) is 8.08. The van der Waals surface area contributed by atoms with Crippen LogP contribution in [0.25, 0.3) is 10.9 Å². The first-order valence-corrected chi connectivity index (χ1v) is 14.8. The highest BCUT2D eigenvalue weighted by atomic mass is 32.2. The fourth-order valence-electron chi connectivity index (χ4n) is 4.97. The molecule has 2 heterocycles. The van der Waals surface area contributed by atoms with Crippen molar-refractivity contribution < 1.29 is 36.5 Å². The Kier molecular flexibility index (Phi) is 9.90. The molecule has 2 aromatic carbocycles. The van der Waals surface area contributed by atoms with E-state index in [4.69, 9.17) is 15.0 Å². The second kappa shape index (κ2) is 13.2. The quantitative estimate of drug-likeness (QED) is 0.221. The highest BCUT2D eigenvalue weighted by Crippen LogP contribution is 2.31. The lowest BCUT2D eigenvalue weighted by Crippen LogP contribution is -2.43. The van der Waals surface area contributed by atoms with Crippen LogP contribution in [0.1, 0.15) is 18.5 Å². The first-order chi connectivity index (χ1) is 19.9. The number of rotatable bonds is 10. The van der Waals surface area contributed by atoms with E-state index in [0.29, 0.717) is 28.8 Å². The molecule has 3 aromatic rings. The number of fused-ring (bicyclic) bond motifs is 1. The number of nitrogens with zero attached hydrogens (tertiary/aromatic N) is 2. The molecule has 10 nitrogen and oxygen atoms in total. The van der Waals surface area contributed by atoms with Crippen LogP contribution in [0.3, 0.4) is 0 Å². The summed E-state index contributed by atoms with van der Waals surface area (Å²) in [5, 5.41) is 31.0. The van der Waals surface area contributed by atoms with Gasteiger partial charge in [0.05, 0.1) is 48.2 Å². The number of aliphatic hydroxyl groups is 2. The van der Waals surface area contributed by atoms with Crippen LogP contribution >= 0.6 is 0 Å². The third-order valence-corrected chi connectivity index (χ3v) is 7.91. The Bertz CT molecular complexity index is 1560. The summed E-state index contributed by atoms with van der Waals surface area (Å²) in [6.07, 6.45) is -3.70. The van der Waals surface area contributed by atoms with E-state index in [0.717, 1.165) is 30.5 Å². The number of ether oxygens (including phenoxy) is 1. The molecule has 1 saturated heterocycles. The molecule has 0 saturated carbocycles. The molecule has 1 fully saturated rings. The molecule has 6 N–H and O–H groups in total. The fraction of sp³-hybridized carbons (Fsp3) is 0.429. The van der Waals surface area contributed by atoms with Crippen molar-refractivity contribution in [1.82, 2.24) is 9.47 Å². The molecule has 42 heavy (non-hydrogen) atoms. The average molecular weight is 610 g/mol. The largest absolute Gasteiger partial charge is 0.495 e.